The third-order valence-electron chi connectivity index (χ3n) is 3.58. The molecule has 4 heteroatoms. The fourth-order valence-corrected chi connectivity index (χ4v) is 2.44. The molecule has 0 aliphatic heterocycles. The lowest BCUT2D eigenvalue weighted by Gasteiger charge is -2.17. The van der Waals surface area contributed by atoms with Gasteiger partial charge < -0.3 is 15.2 Å². The van der Waals surface area contributed by atoms with Gasteiger partial charge in [-0.2, -0.15) is 0 Å². The highest BCUT2D eigenvalue weighted by Crippen LogP contribution is 2.20. The Kier molecular flexibility index (Phi) is 12.3. The summed E-state index contributed by atoms with van der Waals surface area (Å²) >= 11 is 0. The van der Waals surface area contributed by atoms with Crippen LogP contribution in [0.25, 0.3) is 0 Å². The van der Waals surface area contributed by atoms with Crippen molar-refractivity contribution in [2.24, 2.45) is 5.92 Å². The highest BCUT2D eigenvalue weighted by Gasteiger charge is 2.09. The summed E-state index contributed by atoms with van der Waals surface area (Å²) in [6.45, 7) is 4.38. The minimum Gasteiger partial charge on any atom is -0.550 e. The van der Waals surface area contributed by atoms with Gasteiger partial charge in [-0.1, -0.05) is 58.3 Å². The van der Waals surface area contributed by atoms with Crippen molar-refractivity contribution < 1.29 is 14.7 Å². The number of hydrogen-bond acceptors (Lipinski definition) is 3. The molecule has 0 bridgehead atoms. The molecule has 0 saturated heterocycles. The summed E-state index contributed by atoms with van der Waals surface area (Å²) in [5.74, 6) is -0.711. The van der Waals surface area contributed by atoms with Crippen LogP contribution in [-0.2, 0) is 9.59 Å². The molecule has 0 fully saturated rings. The molecular weight excluding hydrogens is 254 g/mol. The number of carboxylic acids is 1. The molecule has 4 nitrogen and oxygen atoms in total. The van der Waals surface area contributed by atoms with Gasteiger partial charge in [0.15, 0.2) is 0 Å². The summed E-state index contributed by atoms with van der Waals surface area (Å²) in [4.78, 5) is 21.5. The zero-order chi connectivity index (χ0) is 15.2. The summed E-state index contributed by atoms with van der Waals surface area (Å²) in [6.07, 6.45) is 10.0. The lowest BCUT2D eigenvalue weighted by Crippen LogP contribution is -2.25. The molecule has 0 aliphatic rings. The molecule has 0 spiro atoms. The van der Waals surface area contributed by atoms with Crippen LogP contribution >= 0.6 is 0 Å². The molecule has 1 amide bonds. The molecular formula is C16H30NO3-. The number of rotatable bonds is 13. The molecule has 0 heterocycles. The van der Waals surface area contributed by atoms with Crippen LogP contribution in [0.15, 0.2) is 0 Å². The van der Waals surface area contributed by atoms with Crippen molar-refractivity contribution in [3.63, 3.8) is 0 Å². The number of amides is 1. The molecule has 118 valence electrons. The highest BCUT2D eigenvalue weighted by molar-refractivity contribution is 5.72. The average Bonchev–Trinajstić information content (AvgIpc) is 2.36. The lowest BCUT2D eigenvalue weighted by molar-refractivity contribution is -0.306. The van der Waals surface area contributed by atoms with Crippen LogP contribution in [-0.4, -0.2) is 18.4 Å². The fourth-order valence-electron chi connectivity index (χ4n) is 2.44. The molecule has 0 radical (unpaired) electrons. The standard InChI is InChI=1S/C16H31NO3/c1-3-4-5-6-7-10-15(13-16(19)20)11-8-9-12-17-14(2)18/h15H,3-13H2,1-2H3,(H,17,18)(H,19,20)/p-1. The Morgan fingerprint density at radius 1 is 1.00 bits per heavy atom. The third kappa shape index (κ3) is 13.4. The third-order valence-corrected chi connectivity index (χ3v) is 3.58. The van der Waals surface area contributed by atoms with Crippen LogP contribution in [0.2, 0.25) is 0 Å². The van der Waals surface area contributed by atoms with Crippen molar-refractivity contribution in [3.05, 3.63) is 0 Å². The minimum absolute atomic E-state index is 0.00721. The van der Waals surface area contributed by atoms with Crippen molar-refractivity contribution in [1.82, 2.24) is 5.32 Å². The van der Waals surface area contributed by atoms with Crippen LogP contribution in [0.5, 0.6) is 0 Å². The number of carbonyl (C=O) groups excluding carboxylic acids is 2. The largest absolute Gasteiger partial charge is 0.550 e. The summed E-state index contributed by atoms with van der Waals surface area (Å²) in [7, 11) is 0. The maximum atomic E-state index is 10.8. The van der Waals surface area contributed by atoms with E-state index >= 15 is 0 Å². The Morgan fingerprint density at radius 2 is 1.60 bits per heavy atom. The Balaban J connectivity index is 3.72. The van der Waals surface area contributed by atoms with E-state index in [0.717, 1.165) is 32.1 Å². The van der Waals surface area contributed by atoms with Gasteiger partial charge in [0.1, 0.15) is 0 Å². The second-order valence-electron chi connectivity index (χ2n) is 5.62. The Bertz CT molecular complexity index is 266. The topological polar surface area (TPSA) is 69.2 Å². The smallest absolute Gasteiger partial charge is 0.216 e. The van der Waals surface area contributed by atoms with E-state index in [1.807, 2.05) is 0 Å². The molecule has 0 saturated carbocycles. The van der Waals surface area contributed by atoms with Gasteiger partial charge in [-0.15, -0.1) is 0 Å². The molecule has 0 aromatic heterocycles. The first kappa shape index (κ1) is 18.9. The maximum absolute atomic E-state index is 10.8. The number of unbranched alkanes of at least 4 members (excludes halogenated alkanes) is 5. The molecule has 1 atom stereocenters. The van der Waals surface area contributed by atoms with Crippen molar-refractivity contribution >= 4 is 11.9 Å². The highest BCUT2D eigenvalue weighted by atomic mass is 16.4. The van der Waals surface area contributed by atoms with Crippen molar-refractivity contribution in [2.45, 2.75) is 78.1 Å². The lowest BCUT2D eigenvalue weighted by atomic mass is 9.92. The van der Waals surface area contributed by atoms with E-state index in [1.165, 1.54) is 32.6 Å². The summed E-state index contributed by atoms with van der Waals surface area (Å²) in [5, 5.41) is 13.5. The van der Waals surface area contributed by atoms with E-state index in [-0.39, 0.29) is 18.2 Å². The van der Waals surface area contributed by atoms with Gasteiger partial charge in [-0.05, 0) is 18.8 Å². The van der Waals surface area contributed by atoms with Gasteiger partial charge in [0.25, 0.3) is 0 Å². The van der Waals surface area contributed by atoms with Crippen LogP contribution in [0.4, 0.5) is 0 Å². The summed E-state index contributed by atoms with van der Waals surface area (Å²) in [5.41, 5.74) is 0. The monoisotopic (exact) mass is 284 g/mol. The molecule has 0 rings (SSSR count). The van der Waals surface area contributed by atoms with Crippen LogP contribution in [0.1, 0.15) is 78.1 Å². The SMILES string of the molecule is CCCCCCCC(CCCCNC(C)=O)CC(=O)[O-]. The molecule has 0 aromatic carbocycles. The van der Waals surface area contributed by atoms with Gasteiger partial charge in [0.05, 0.1) is 0 Å². The number of hydrogen-bond donors (Lipinski definition) is 1. The van der Waals surface area contributed by atoms with E-state index in [1.54, 1.807) is 0 Å². The molecule has 0 aromatic rings. The minimum atomic E-state index is -0.939. The quantitative estimate of drug-likeness (QED) is 0.528. The number of carboxylic acid groups (broad SMARTS) is 1. The van der Waals surface area contributed by atoms with E-state index in [0.29, 0.717) is 6.54 Å². The van der Waals surface area contributed by atoms with Gasteiger partial charge in [0, 0.05) is 19.4 Å². The molecule has 1 N–H and O–H groups in total. The first-order valence-electron chi connectivity index (χ1n) is 8.00. The number of nitrogens with one attached hydrogen (secondary N) is 1. The second-order valence-corrected chi connectivity index (χ2v) is 5.62. The predicted octanol–water partition coefficient (Wildman–Crippen LogP) is 2.41. The fraction of sp³-hybridized carbons (Fsp3) is 0.875. The number of aliphatic carboxylic acids is 1. The van der Waals surface area contributed by atoms with Crippen molar-refractivity contribution in [1.29, 1.82) is 0 Å². The Labute approximate surface area is 123 Å². The average molecular weight is 284 g/mol. The van der Waals surface area contributed by atoms with Crippen LogP contribution < -0.4 is 10.4 Å². The zero-order valence-corrected chi connectivity index (χ0v) is 13.1. The van der Waals surface area contributed by atoms with E-state index in [2.05, 4.69) is 12.2 Å². The van der Waals surface area contributed by atoms with Crippen molar-refractivity contribution in [2.75, 3.05) is 6.54 Å². The van der Waals surface area contributed by atoms with Gasteiger partial charge in [-0.25, -0.2) is 0 Å². The molecule has 0 aliphatic carbocycles. The Morgan fingerprint density at radius 3 is 2.15 bits per heavy atom. The van der Waals surface area contributed by atoms with Gasteiger partial charge in [-0.3, -0.25) is 4.79 Å². The van der Waals surface area contributed by atoms with Crippen molar-refractivity contribution in [3.8, 4) is 0 Å². The van der Waals surface area contributed by atoms with Crippen LogP contribution in [0.3, 0.4) is 0 Å². The summed E-state index contributed by atoms with van der Waals surface area (Å²) < 4.78 is 0. The molecule has 1 unspecified atom stereocenters. The zero-order valence-electron chi connectivity index (χ0n) is 13.1. The predicted molar refractivity (Wildman–Crippen MR) is 79.0 cm³/mol. The van der Waals surface area contributed by atoms with E-state index in [4.69, 9.17) is 0 Å². The second kappa shape index (κ2) is 12.9. The van der Waals surface area contributed by atoms with E-state index < -0.39 is 5.97 Å². The number of carbonyl (C=O) groups is 2. The first-order chi connectivity index (χ1) is 9.56. The van der Waals surface area contributed by atoms with Gasteiger partial charge in [0.2, 0.25) is 5.91 Å². The van der Waals surface area contributed by atoms with Gasteiger partial charge >= 0.3 is 0 Å². The first-order valence-corrected chi connectivity index (χ1v) is 8.00. The normalized spacial score (nSPS) is 12.1. The molecule has 20 heavy (non-hydrogen) atoms. The Hall–Kier alpha value is -1.06. The van der Waals surface area contributed by atoms with Crippen LogP contribution in [0, 0.1) is 5.92 Å². The summed E-state index contributed by atoms with van der Waals surface area (Å²) in [6, 6.07) is 0. The van der Waals surface area contributed by atoms with E-state index in [9.17, 15) is 14.7 Å². The maximum Gasteiger partial charge on any atom is 0.216 e.